The van der Waals surface area contributed by atoms with Crippen LogP contribution < -0.4 is 15.4 Å². The number of ether oxygens (including phenoxy) is 2. The van der Waals surface area contributed by atoms with Gasteiger partial charge >= 0.3 is 0 Å². The van der Waals surface area contributed by atoms with Gasteiger partial charge in [0.05, 0.1) is 5.69 Å². The average molecular weight is 276 g/mol. The van der Waals surface area contributed by atoms with E-state index in [2.05, 4.69) is 10.6 Å². The molecule has 6 nitrogen and oxygen atoms in total. The first-order valence-corrected chi connectivity index (χ1v) is 6.68. The largest absolute Gasteiger partial charge is 0.482 e. The SMILES string of the molecule is O=C1COc2ccc(NC(=O)C3CCOCC3)cc2N1. The highest BCUT2D eigenvalue weighted by molar-refractivity contribution is 5.98. The lowest BCUT2D eigenvalue weighted by Crippen LogP contribution is -2.29. The van der Waals surface area contributed by atoms with Gasteiger partial charge in [-0.15, -0.1) is 0 Å². The molecule has 0 radical (unpaired) electrons. The van der Waals surface area contributed by atoms with Crippen molar-refractivity contribution in [1.29, 1.82) is 0 Å². The third-order valence-electron chi connectivity index (χ3n) is 3.47. The molecule has 3 rings (SSSR count). The topological polar surface area (TPSA) is 76.7 Å². The number of carbonyl (C=O) groups is 2. The molecule has 6 heteroatoms. The zero-order chi connectivity index (χ0) is 13.9. The van der Waals surface area contributed by atoms with Crippen LogP contribution in [0.1, 0.15) is 12.8 Å². The Morgan fingerprint density at radius 1 is 1.30 bits per heavy atom. The minimum absolute atomic E-state index is 0.00342. The van der Waals surface area contributed by atoms with E-state index >= 15 is 0 Å². The molecule has 2 aliphatic rings. The molecule has 1 aromatic carbocycles. The highest BCUT2D eigenvalue weighted by Gasteiger charge is 2.22. The van der Waals surface area contributed by atoms with Gasteiger partial charge in [-0.2, -0.15) is 0 Å². The molecule has 2 N–H and O–H groups in total. The fourth-order valence-electron chi connectivity index (χ4n) is 2.36. The van der Waals surface area contributed by atoms with Crippen molar-refractivity contribution in [3.05, 3.63) is 18.2 Å². The predicted molar refractivity (Wildman–Crippen MR) is 72.7 cm³/mol. The molecule has 1 aromatic rings. The van der Waals surface area contributed by atoms with Gasteiger partial charge in [0.25, 0.3) is 5.91 Å². The van der Waals surface area contributed by atoms with Crippen molar-refractivity contribution < 1.29 is 19.1 Å². The molecule has 0 spiro atoms. The van der Waals surface area contributed by atoms with Gasteiger partial charge in [-0.3, -0.25) is 9.59 Å². The van der Waals surface area contributed by atoms with E-state index < -0.39 is 0 Å². The Kier molecular flexibility index (Phi) is 3.56. The molecular weight excluding hydrogens is 260 g/mol. The van der Waals surface area contributed by atoms with Crippen LogP contribution in [0.4, 0.5) is 11.4 Å². The lowest BCUT2D eigenvalue weighted by molar-refractivity contribution is -0.122. The van der Waals surface area contributed by atoms with E-state index in [4.69, 9.17) is 9.47 Å². The number of carbonyl (C=O) groups excluding carboxylic acids is 2. The number of anilines is 2. The molecule has 106 valence electrons. The zero-order valence-electron chi connectivity index (χ0n) is 11.0. The summed E-state index contributed by atoms with van der Waals surface area (Å²) in [6.07, 6.45) is 1.49. The number of rotatable bonds is 2. The summed E-state index contributed by atoms with van der Waals surface area (Å²) in [6, 6.07) is 5.23. The Morgan fingerprint density at radius 3 is 2.90 bits per heavy atom. The second-order valence-electron chi connectivity index (χ2n) is 4.92. The number of fused-ring (bicyclic) bond motifs is 1. The Balaban J connectivity index is 1.69. The second kappa shape index (κ2) is 5.50. The minimum Gasteiger partial charge on any atom is -0.482 e. The molecule has 1 fully saturated rings. The summed E-state index contributed by atoms with van der Waals surface area (Å²) in [5.41, 5.74) is 1.25. The smallest absolute Gasteiger partial charge is 0.262 e. The summed E-state index contributed by atoms with van der Waals surface area (Å²) < 4.78 is 10.5. The molecule has 2 amide bonds. The fraction of sp³-hybridized carbons (Fsp3) is 0.429. The van der Waals surface area contributed by atoms with Crippen LogP contribution >= 0.6 is 0 Å². The van der Waals surface area contributed by atoms with Gasteiger partial charge in [0.2, 0.25) is 5.91 Å². The molecule has 1 saturated heterocycles. The maximum atomic E-state index is 12.1. The average Bonchev–Trinajstić information content (AvgIpc) is 2.47. The predicted octanol–water partition coefficient (Wildman–Crippen LogP) is 1.38. The summed E-state index contributed by atoms with van der Waals surface area (Å²) in [4.78, 5) is 23.4. The van der Waals surface area contributed by atoms with Gasteiger partial charge in [0.15, 0.2) is 6.61 Å². The molecule has 0 aromatic heterocycles. The summed E-state index contributed by atoms with van der Waals surface area (Å²) in [6.45, 7) is 1.29. The van der Waals surface area contributed by atoms with Crippen molar-refractivity contribution >= 4 is 23.2 Å². The van der Waals surface area contributed by atoms with Gasteiger partial charge in [0.1, 0.15) is 5.75 Å². The number of hydrogen-bond acceptors (Lipinski definition) is 4. The first kappa shape index (κ1) is 12.9. The van der Waals surface area contributed by atoms with Gasteiger partial charge in [-0.1, -0.05) is 0 Å². The van der Waals surface area contributed by atoms with Gasteiger partial charge in [-0.25, -0.2) is 0 Å². The molecule has 0 bridgehead atoms. The van der Waals surface area contributed by atoms with Crippen molar-refractivity contribution in [2.24, 2.45) is 5.92 Å². The van der Waals surface area contributed by atoms with E-state index in [0.29, 0.717) is 30.3 Å². The Morgan fingerprint density at radius 2 is 2.10 bits per heavy atom. The van der Waals surface area contributed by atoms with E-state index in [-0.39, 0.29) is 24.3 Å². The standard InChI is InChI=1S/C14H16N2O4/c17-13-8-20-12-2-1-10(7-11(12)16-13)15-14(18)9-3-5-19-6-4-9/h1-2,7,9H,3-6,8H2,(H,15,18)(H,16,17). The van der Waals surface area contributed by atoms with Gasteiger partial charge < -0.3 is 20.1 Å². The van der Waals surface area contributed by atoms with Crippen LogP contribution in [-0.4, -0.2) is 31.6 Å². The third-order valence-corrected chi connectivity index (χ3v) is 3.47. The first-order chi connectivity index (χ1) is 9.72. The van der Waals surface area contributed by atoms with Crippen LogP contribution in [0.2, 0.25) is 0 Å². The number of hydrogen-bond donors (Lipinski definition) is 2. The molecule has 2 aliphatic heterocycles. The van der Waals surface area contributed by atoms with Crippen molar-refractivity contribution in [2.75, 3.05) is 30.5 Å². The number of benzene rings is 1. The maximum absolute atomic E-state index is 12.1. The Bertz CT molecular complexity index is 538. The fourth-order valence-corrected chi connectivity index (χ4v) is 2.36. The van der Waals surface area contributed by atoms with E-state index in [1.165, 1.54) is 0 Å². The lowest BCUT2D eigenvalue weighted by atomic mass is 9.99. The monoisotopic (exact) mass is 276 g/mol. The number of amides is 2. The van der Waals surface area contributed by atoms with Crippen LogP contribution in [0.3, 0.4) is 0 Å². The Labute approximate surface area is 116 Å². The highest BCUT2D eigenvalue weighted by Crippen LogP contribution is 2.30. The van der Waals surface area contributed by atoms with E-state index in [1.807, 2.05) is 0 Å². The molecule has 0 aliphatic carbocycles. The summed E-state index contributed by atoms with van der Waals surface area (Å²) in [5, 5.41) is 5.59. The second-order valence-corrected chi connectivity index (χ2v) is 4.92. The van der Waals surface area contributed by atoms with Crippen molar-refractivity contribution in [2.45, 2.75) is 12.8 Å². The van der Waals surface area contributed by atoms with E-state index in [1.54, 1.807) is 18.2 Å². The molecule has 0 unspecified atom stereocenters. The molecule has 0 atom stereocenters. The maximum Gasteiger partial charge on any atom is 0.262 e. The van der Waals surface area contributed by atoms with Crippen LogP contribution in [0.15, 0.2) is 18.2 Å². The van der Waals surface area contributed by atoms with Crippen LogP contribution in [-0.2, 0) is 14.3 Å². The first-order valence-electron chi connectivity index (χ1n) is 6.68. The van der Waals surface area contributed by atoms with Gasteiger partial charge in [-0.05, 0) is 31.0 Å². The van der Waals surface area contributed by atoms with Crippen molar-refractivity contribution in [1.82, 2.24) is 0 Å². The van der Waals surface area contributed by atoms with Gasteiger partial charge in [0, 0.05) is 24.8 Å². The summed E-state index contributed by atoms with van der Waals surface area (Å²) in [5.74, 6) is 0.418. The molecule has 20 heavy (non-hydrogen) atoms. The van der Waals surface area contributed by atoms with Crippen LogP contribution in [0.5, 0.6) is 5.75 Å². The normalized spacial score (nSPS) is 18.7. The van der Waals surface area contributed by atoms with E-state index in [0.717, 1.165) is 12.8 Å². The van der Waals surface area contributed by atoms with Crippen molar-refractivity contribution in [3.63, 3.8) is 0 Å². The molecule has 0 saturated carbocycles. The molecular formula is C14H16N2O4. The highest BCUT2D eigenvalue weighted by atomic mass is 16.5. The zero-order valence-corrected chi connectivity index (χ0v) is 11.0. The lowest BCUT2D eigenvalue weighted by Gasteiger charge is -2.22. The third kappa shape index (κ3) is 2.75. The molecule has 2 heterocycles. The van der Waals surface area contributed by atoms with Crippen molar-refractivity contribution in [3.8, 4) is 5.75 Å². The quantitative estimate of drug-likeness (QED) is 0.855. The van der Waals surface area contributed by atoms with Crippen LogP contribution in [0, 0.1) is 5.92 Å². The minimum atomic E-state index is -0.189. The Hall–Kier alpha value is -2.08. The summed E-state index contributed by atoms with van der Waals surface area (Å²) >= 11 is 0. The van der Waals surface area contributed by atoms with E-state index in [9.17, 15) is 9.59 Å². The van der Waals surface area contributed by atoms with Crippen LogP contribution in [0.25, 0.3) is 0 Å². The summed E-state index contributed by atoms with van der Waals surface area (Å²) in [7, 11) is 0. The number of nitrogens with one attached hydrogen (secondary N) is 2.